The summed E-state index contributed by atoms with van der Waals surface area (Å²) in [4.78, 5) is 13.6. The number of nitrogens with zero attached hydrogens (tertiary/aromatic N) is 1. The lowest BCUT2D eigenvalue weighted by molar-refractivity contribution is -0.123. The zero-order valence-electron chi connectivity index (χ0n) is 10.5. The first-order valence-corrected chi connectivity index (χ1v) is 6.19. The van der Waals surface area contributed by atoms with E-state index in [2.05, 4.69) is 24.1 Å². The molecular formula is C12H24N2O2. The first-order chi connectivity index (χ1) is 7.59. The predicted molar refractivity (Wildman–Crippen MR) is 64.2 cm³/mol. The summed E-state index contributed by atoms with van der Waals surface area (Å²) < 4.78 is 0. The van der Waals surface area contributed by atoms with Crippen LogP contribution in [0.2, 0.25) is 0 Å². The number of rotatable bonds is 5. The van der Waals surface area contributed by atoms with Crippen LogP contribution in [0.25, 0.3) is 0 Å². The molecule has 4 heteroatoms. The summed E-state index contributed by atoms with van der Waals surface area (Å²) in [5, 5.41) is 11.3. The van der Waals surface area contributed by atoms with Gasteiger partial charge in [-0.3, -0.25) is 9.69 Å². The van der Waals surface area contributed by atoms with Crippen molar-refractivity contribution in [2.75, 3.05) is 32.8 Å². The number of carbonyl (C=O) groups excluding carboxylic acids is 1. The van der Waals surface area contributed by atoms with Crippen LogP contribution in [0.1, 0.15) is 33.1 Å². The van der Waals surface area contributed by atoms with Crippen LogP contribution >= 0.6 is 0 Å². The van der Waals surface area contributed by atoms with E-state index in [1.54, 1.807) is 0 Å². The second kappa shape index (κ2) is 6.21. The van der Waals surface area contributed by atoms with Crippen LogP contribution in [0.15, 0.2) is 0 Å². The summed E-state index contributed by atoms with van der Waals surface area (Å²) in [6, 6.07) is 0. The molecule has 0 bridgehead atoms. The fourth-order valence-corrected chi connectivity index (χ4v) is 2.06. The molecule has 0 atom stereocenters. The van der Waals surface area contributed by atoms with Gasteiger partial charge in [-0.25, -0.2) is 0 Å². The van der Waals surface area contributed by atoms with Gasteiger partial charge in [0.15, 0.2) is 0 Å². The standard InChI is InChI=1S/C12H24N2O2/c1-3-12(2)4-7-14(8-5-12)10-11(16)13-6-9-15/h15H,3-10H2,1-2H3,(H,13,16). The van der Waals surface area contributed by atoms with Gasteiger partial charge in [0.2, 0.25) is 5.91 Å². The fraction of sp³-hybridized carbons (Fsp3) is 0.917. The molecule has 1 rings (SSSR count). The highest BCUT2D eigenvalue weighted by Crippen LogP contribution is 2.33. The van der Waals surface area contributed by atoms with Crippen molar-refractivity contribution in [3.8, 4) is 0 Å². The van der Waals surface area contributed by atoms with Gasteiger partial charge in [-0.1, -0.05) is 20.3 Å². The van der Waals surface area contributed by atoms with E-state index in [4.69, 9.17) is 5.11 Å². The average Bonchev–Trinajstić information content (AvgIpc) is 2.30. The number of aliphatic hydroxyl groups is 1. The van der Waals surface area contributed by atoms with E-state index in [0.29, 0.717) is 18.5 Å². The molecular weight excluding hydrogens is 204 g/mol. The highest BCUT2D eigenvalue weighted by molar-refractivity contribution is 5.77. The van der Waals surface area contributed by atoms with Gasteiger partial charge in [-0.05, 0) is 31.3 Å². The molecule has 4 nitrogen and oxygen atoms in total. The summed E-state index contributed by atoms with van der Waals surface area (Å²) in [6.07, 6.45) is 3.57. The molecule has 0 aromatic heterocycles. The Bertz CT molecular complexity index is 223. The molecule has 2 N–H and O–H groups in total. The van der Waals surface area contributed by atoms with Crippen molar-refractivity contribution in [1.82, 2.24) is 10.2 Å². The Hall–Kier alpha value is -0.610. The molecule has 0 spiro atoms. The van der Waals surface area contributed by atoms with Crippen LogP contribution in [0.5, 0.6) is 0 Å². The first kappa shape index (κ1) is 13.5. The van der Waals surface area contributed by atoms with Gasteiger partial charge in [0, 0.05) is 6.54 Å². The molecule has 1 heterocycles. The van der Waals surface area contributed by atoms with Crippen molar-refractivity contribution in [3.63, 3.8) is 0 Å². The third kappa shape index (κ3) is 4.10. The van der Waals surface area contributed by atoms with Gasteiger partial charge in [0.1, 0.15) is 0 Å². The molecule has 1 aliphatic heterocycles. The van der Waals surface area contributed by atoms with E-state index in [1.807, 2.05) is 0 Å². The Labute approximate surface area is 98.0 Å². The van der Waals surface area contributed by atoms with Gasteiger partial charge in [-0.2, -0.15) is 0 Å². The highest BCUT2D eigenvalue weighted by Gasteiger charge is 2.28. The Balaban J connectivity index is 2.24. The fourth-order valence-electron chi connectivity index (χ4n) is 2.06. The molecule has 1 aliphatic rings. The van der Waals surface area contributed by atoms with Crippen LogP contribution < -0.4 is 5.32 Å². The van der Waals surface area contributed by atoms with E-state index in [0.717, 1.165) is 13.1 Å². The minimum atomic E-state index is 0.0135. The van der Waals surface area contributed by atoms with Gasteiger partial charge < -0.3 is 10.4 Å². The summed E-state index contributed by atoms with van der Waals surface area (Å²) in [5.74, 6) is 0.0224. The zero-order valence-corrected chi connectivity index (χ0v) is 10.5. The van der Waals surface area contributed by atoms with E-state index >= 15 is 0 Å². The number of hydrogen-bond donors (Lipinski definition) is 2. The zero-order chi connectivity index (χ0) is 12.0. The Morgan fingerprint density at radius 1 is 1.44 bits per heavy atom. The van der Waals surface area contributed by atoms with E-state index in [9.17, 15) is 4.79 Å². The van der Waals surface area contributed by atoms with Crippen molar-refractivity contribution in [3.05, 3.63) is 0 Å². The topological polar surface area (TPSA) is 52.6 Å². The van der Waals surface area contributed by atoms with Crippen molar-refractivity contribution in [2.24, 2.45) is 5.41 Å². The Morgan fingerprint density at radius 3 is 2.56 bits per heavy atom. The number of aliphatic hydroxyl groups excluding tert-OH is 1. The van der Waals surface area contributed by atoms with Gasteiger partial charge in [-0.15, -0.1) is 0 Å². The molecule has 16 heavy (non-hydrogen) atoms. The average molecular weight is 228 g/mol. The summed E-state index contributed by atoms with van der Waals surface area (Å²) >= 11 is 0. The lowest BCUT2D eigenvalue weighted by atomic mass is 9.78. The number of hydrogen-bond acceptors (Lipinski definition) is 3. The summed E-state index contributed by atoms with van der Waals surface area (Å²) in [6.45, 7) is 7.44. The number of carbonyl (C=O) groups is 1. The van der Waals surface area contributed by atoms with Crippen molar-refractivity contribution in [2.45, 2.75) is 33.1 Å². The SMILES string of the molecule is CCC1(C)CCN(CC(=O)NCCO)CC1. The third-order valence-corrected chi connectivity index (χ3v) is 3.72. The normalized spacial score (nSPS) is 20.7. The molecule has 0 unspecified atom stereocenters. The predicted octanol–water partition coefficient (Wildman–Crippen LogP) is 0.607. The quantitative estimate of drug-likeness (QED) is 0.725. The highest BCUT2D eigenvalue weighted by atomic mass is 16.3. The molecule has 1 amide bonds. The second-order valence-electron chi connectivity index (χ2n) is 5.01. The minimum Gasteiger partial charge on any atom is -0.395 e. The van der Waals surface area contributed by atoms with E-state index in [-0.39, 0.29) is 12.5 Å². The Morgan fingerprint density at radius 2 is 2.06 bits per heavy atom. The lowest BCUT2D eigenvalue weighted by Gasteiger charge is -2.38. The van der Waals surface area contributed by atoms with Crippen molar-refractivity contribution < 1.29 is 9.90 Å². The number of amides is 1. The molecule has 0 saturated carbocycles. The van der Waals surface area contributed by atoms with Gasteiger partial charge in [0.25, 0.3) is 0 Å². The number of nitrogens with one attached hydrogen (secondary N) is 1. The summed E-state index contributed by atoms with van der Waals surface area (Å²) in [7, 11) is 0. The molecule has 1 fully saturated rings. The third-order valence-electron chi connectivity index (χ3n) is 3.72. The summed E-state index contributed by atoms with van der Waals surface area (Å²) in [5.41, 5.74) is 0.470. The molecule has 0 aliphatic carbocycles. The van der Waals surface area contributed by atoms with Crippen LogP contribution in [0, 0.1) is 5.41 Å². The maximum Gasteiger partial charge on any atom is 0.234 e. The second-order valence-corrected chi connectivity index (χ2v) is 5.01. The first-order valence-electron chi connectivity index (χ1n) is 6.19. The smallest absolute Gasteiger partial charge is 0.234 e. The maximum absolute atomic E-state index is 11.4. The number of piperidine rings is 1. The van der Waals surface area contributed by atoms with E-state index in [1.165, 1.54) is 19.3 Å². The van der Waals surface area contributed by atoms with Gasteiger partial charge in [0.05, 0.1) is 13.2 Å². The van der Waals surface area contributed by atoms with Crippen LogP contribution in [0.4, 0.5) is 0 Å². The van der Waals surface area contributed by atoms with Crippen molar-refractivity contribution >= 4 is 5.91 Å². The molecule has 0 aromatic rings. The minimum absolute atomic E-state index is 0.0135. The lowest BCUT2D eigenvalue weighted by Crippen LogP contribution is -2.44. The van der Waals surface area contributed by atoms with Crippen LogP contribution in [-0.2, 0) is 4.79 Å². The molecule has 94 valence electrons. The molecule has 0 aromatic carbocycles. The Kier molecular flexibility index (Phi) is 5.22. The monoisotopic (exact) mass is 228 g/mol. The van der Waals surface area contributed by atoms with Crippen LogP contribution in [0.3, 0.4) is 0 Å². The van der Waals surface area contributed by atoms with E-state index < -0.39 is 0 Å². The van der Waals surface area contributed by atoms with Crippen molar-refractivity contribution in [1.29, 1.82) is 0 Å². The van der Waals surface area contributed by atoms with Gasteiger partial charge >= 0.3 is 0 Å². The molecule has 0 radical (unpaired) electrons. The largest absolute Gasteiger partial charge is 0.395 e. The maximum atomic E-state index is 11.4. The van der Waals surface area contributed by atoms with Crippen LogP contribution in [-0.4, -0.2) is 48.7 Å². The number of likely N-dealkylation sites (tertiary alicyclic amines) is 1. The molecule has 1 saturated heterocycles.